The molecule has 12 heavy (non-hydrogen) atoms. The van der Waals surface area contributed by atoms with Crippen LogP contribution >= 0.6 is 11.8 Å². The average molecular weight is 178 g/mol. The van der Waals surface area contributed by atoms with Gasteiger partial charge in [0.05, 0.1) is 0 Å². The van der Waals surface area contributed by atoms with Gasteiger partial charge in [0.25, 0.3) is 0 Å². The Kier molecular flexibility index (Phi) is 3.95. The summed E-state index contributed by atoms with van der Waals surface area (Å²) >= 11 is 1.77. The lowest BCUT2D eigenvalue weighted by Crippen LogP contribution is -1.79. The molecule has 0 saturated carbocycles. The van der Waals surface area contributed by atoms with Gasteiger partial charge in [-0.25, -0.2) is 0 Å². The zero-order valence-electron chi connectivity index (χ0n) is 7.58. The average Bonchev–Trinajstić information content (AvgIpc) is 2.15. The molecule has 0 N–H and O–H groups in total. The van der Waals surface area contributed by atoms with Gasteiger partial charge in [0.1, 0.15) is 0 Å². The first kappa shape index (κ1) is 9.40. The van der Waals surface area contributed by atoms with E-state index in [0.717, 1.165) is 6.42 Å². The molecule has 1 aromatic carbocycles. The zero-order valence-corrected chi connectivity index (χ0v) is 8.40. The molecule has 0 spiro atoms. The molecule has 0 bridgehead atoms. The summed E-state index contributed by atoms with van der Waals surface area (Å²) in [5.41, 5.74) is 2.76. The van der Waals surface area contributed by atoms with E-state index in [9.17, 15) is 0 Å². The van der Waals surface area contributed by atoms with E-state index in [1.807, 2.05) is 0 Å². The number of hydrogen-bond acceptors (Lipinski definition) is 1. The second-order valence-electron chi connectivity index (χ2n) is 2.60. The van der Waals surface area contributed by atoms with E-state index >= 15 is 0 Å². The lowest BCUT2D eigenvalue weighted by atomic mass is 10.1. The highest BCUT2D eigenvalue weighted by Crippen LogP contribution is 2.19. The molecule has 0 fully saturated rings. The van der Waals surface area contributed by atoms with Gasteiger partial charge in [0.15, 0.2) is 0 Å². The summed E-state index contributed by atoms with van der Waals surface area (Å²) in [5, 5.41) is 2.22. The van der Waals surface area contributed by atoms with E-state index in [0.29, 0.717) is 0 Å². The van der Waals surface area contributed by atoms with Gasteiger partial charge in [-0.2, -0.15) is 0 Å². The zero-order chi connectivity index (χ0) is 8.81. The summed E-state index contributed by atoms with van der Waals surface area (Å²) in [7, 11) is 0. The Labute approximate surface area is 78.7 Å². The fourth-order valence-corrected chi connectivity index (χ4v) is 1.74. The van der Waals surface area contributed by atoms with Gasteiger partial charge >= 0.3 is 0 Å². The number of benzene rings is 1. The van der Waals surface area contributed by atoms with Crippen molar-refractivity contribution in [2.45, 2.75) is 13.3 Å². The maximum absolute atomic E-state index is 2.22. The van der Waals surface area contributed by atoms with Gasteiger partial charge in [0, 0.05) is 0 Å². The Morgan fingerprint density at radius 3 is 2.50 bits per heavy atom. The van der Waals surface area contributed by atoms with Crippen molar-refractivity contribution in [2.24, 2.45) is 0 Å². The van der Waals surface area contributed by atoms with E-state index < -0.39 is 0 Å². The minimum atomic E-state index is 1.10. The van der Waals surface area contributed by atoms with E-state index in [-0.39, 0.29) is 0 Å². The number of thioether (sulfide) groups is 1. The lowest BCUT2D eigenvalue weighted by molar-refractivity contribution is 1.24. The van der Waals surface area contributed by atoms with Crippen LogP contribution in [0.1, 0.15) is 18.9 Å². The second-order valence-corrected chi connectivity index (χ2v) is 3.31. The summed E-state index contributed by atoms with van der Waals surface area (Å²) in [5.74, 6) is 0. The second kappa shape index (κ2) is 5.04. The fourth-order valence-electron chi connectivity index (χ4n) is 1.15. The largest absolute Gasteiger partial charge is 0.137 e. The van der Waals surface area contributed by atoms with Crippen molar-refractivity contribution in [1.29, 1.82) is 0 Å². The van der Waals surface area contributed by atoms with Gasteiger partial charge < -0.3 is 0 Å². The highest BCUT2D eigenvalue weighted by Gasteiger charge is 1.95. The molecule has 64 valence electrons. The van der Waals surface area contributed by atoms with Crippen LogP contribution in [-0.4, -0.2) is 6.26 Å². The maximum atomic E-state index is 2.22. The molecular weight excluding hydrogens is 164 g/mol. The molecule has 0 amide bonds. The monoisotopic (exact) mass is 178 g/mol. The molecule has 0 aromatic heterocycles. The Balaban J connectivity index is 2.88. The van der Waals surface area contributed by atoms with Crippen molar-refractivity contribution >= 4 is 17.3 Å². The lowest BCUT2D eigenvalue weighted by Gasteiger charge is -2.02. The molecular formula is C11H14S. The molecule has 0 aliphatic carbocycles. The highest BCUT2D eigenvalue weighted by atomic mass is 32.2. The van der Waals surface area contributed by atoms with Crippen LogP contribution in [0.2, 0.25) is 0 Å². The van der Waals surface area contributed by atoms with Gasteiger partial charge in [-0.3, -0.25) is 0 Å². The third kappa shape index (κ3) is 2.42. The first-order valence-electron chi connectivity index (χ1n) is 4.15. The Morgan fingerprint density at radius 1 is 1.33 bits per heavy atom. The molecule has 0 saturated heterocycles. The molecule has 1 heteroatoms. The molecule has 1 aromatic rings. The number of allylic oxidation sites excluding steroid dienone is 1. The SMILES string of the molecule is CC/C(=C/SC)c1ccccc1. The molecule has 1 rings (SSSR count). The van der Waals surface area contributed by atoms with Crippen LogP contribution < -0.4 is 0 Å². The molecule has 0 aliphatic heterocycles. The predicted octanol–water partition coefficient (Wildman–Crippen LogP) is 3.80. The Hall–Kier alpha value is -0.690. The summed E-state index contributed by atoms with van der Waals surface area (Å²) in [6.45, 7) is 2.19. The minimum Gasteiger partial charge on any atom is -0.137 e. The van der Waals surface area contributed by atoms with Gasteiger partial charge in [-0.15, -0.1) is 11.8 Å². The number of hydrogen-bond donors (Lipinski definition) is 0. The van der Waals surface area contributed by atoms with Crippen molar-refractivity contribution in [3.63, 3.8) is 0 Å². The first-order chi connectivity index (χ1) is 5.88. The van der Waals surface area contributed by atoms with E-state index in [1.165, 1.54) is 11.1 Å². The first-order valence-corrected chi connectivity index (χ1v) is 5.44. The van der Waals surface area contributed by atoms with Crippen molar-refractivity contribution in [3.8, 4) is 0 Å². The van der Waals surface area contributed by atoms with Crippen molar-refractivity contribution in [2.75, 3.05) is 6.26 Å². The molecule has 0 radical (unpaired) electrons. The maximum Gasteiger partial charge on any atom is -0.0142 e. The predicted molar refractivity (Wildman–Crippen MR) is 58.2 cm³/mol. The van der Waals surface area contributed by atoms with Crippen LogP contribution in [0.5, 0.6) is 0 Å². The third-order valence-corrected chi connectivity index (χ3v) is 2.31. The summed E-state index contributed by atoms with van der Waals surface area (Å²) < 4.78 is 0. The topological polar surface area (TPSA) is 0 Å². The quantitative estimate of drug-likeness (QED) is 0.678. The van der Waals surface area contributed by atoms with Crippen molar-refractivity contribution in [3.05, 3.63) is 41.3 Å². The van der Waals surface area contributed by atoms with Gasteiger partial charge in [0.2, 0.25) is 0 Å². The van der Waals surface area contributed by atoms with Crippen LogP contribution in [0.15, 0.2) is 35.7 Å². The van der Waals surface area contributed by atoms with Crippen LogP contribution in [-0.2, 0) is 0 Å². The van der Waals surface area contributed by atoms with Crippen LogP contribution in [0, 0.1) is 0 Å². The van der Waals surface area contributed by atoms with E-state index in [4.69, 9.17) is 0 Å². The van der Waals surface area contributed by atoms with E-state index in [2.05, 4.69) is 48.9 Å². The summed E-state index contributed by atoms with van der Waals surface area (Å²) in [4.78, 5) is 0. The Morgan fingerprint density at radius 2 is 2.00 bits per heavy atom. The van der Waals surface area contributed by atoms with Crippen LogP contribution in [0.4, 0.5) is 0 Å². The fraction of sp³-hybridized carbons (Fsp3) is 0.273. The number of rotatable bonds is 3. The van der Waals surface area contributed by atoms with Gasteiger partial charge in [-0.1, -0.05) is 37.3 Å². The van der Waals surface area contributed by atoms with Gasteiger partial charge in [-0.05, 0) is 29.2 Å². The highest BCUT2D eigenvalue weighted by molar-refractivity contribution is 8.01. The van der Waals surface area contributed by atoms with Crippen molar-refractivity contribution in [1.82, 2.24) is 0 Å². The van der Waals surface area contributed by atoms with Crippen LogP contribution in [0.3, 0.4) is 0 Å². The smallest absolute Gasteiger partial charge is 0.0142 e. The van der Waals surface area contributed by atoms with E-state index in [1.54, 1.807) is 11.8 Å². The Bertz CT molecular complexity index is 249. The summed E-state index contributed by atoms with van der Waals surface area (Å²) in [6, 6.07) is 10.5. The molecule has 0 atom stereocenters. The minimum absolute atomic E-state index is 1.10. The normalized spacial score (nSPS) is 11.7. The van der Waals surface area contributed by atoms with Crippen molar-refractivity contribution < 1.29 is 0 Å². The molecule has 0 heterocycles. The molecule has 0 nitrogen and oxygen atoms in total. The summed E-state index contributed by atoms with van der Waals surface area (Å²) in [6.07, 6.45) is 3.20. The third-order valence-electron chi connectivity index (χ3n) is 1.79. The van der Waals surface area contributed by atoms with Crippen LogP contribution in [0.25, 0.3) is 5.57 Å². The standard InChI is InChI=1S/C11H14S/c1-3-10(9-12-2)11-7-5-4-6-8-11/h4-9H,3H2,1-2H3/b10-9-. The molecule has 0 aliphatic rings. The molecule has 0 unspecified atom stereocenters.